The minimum Gasteiger partial charge on any atom is -0.427 e. The first-order chi connectivity index (χ1) is 9.19. The summed E-state index contributed by atoms with van der Waals surface area (Å²) in [5, 5.41) is 17.7. The fourth-order valence-electron chi connectivity index (χ4n) is 2.34. The van der Waals surface area contributed by atoms with Crippen LogP contribution in [0.3, 0.4) is 0 Å². The van der Waals surface area contributed by atoms with Crippen molar-refractivity contribution in [1.82, 2.24) is 8.43 Å². The van der Waals surface area contributed by atoms with Crippen molar-refractivity contribution in [3.05, 3.63) is 0 Å². The van der Waals surface area contributed by atoms with Crippen LogP contribution in [0.5, 0.6) is 0 Å². The molecule has 0 unspecified atom stereocenters. The molecule has 0 amide bonds. The molecule has 1 heterocycles. The van der Waals surface area contributed by atoms with E-state index in [0.29, 0.717) is 19.4 Å². The van der Waals surface area contributed by atoms with Crippen LogP contribution in [0.1, 0.15) is 19.8 Å². The van der Waals surface area contributed by atoms with Crippen LogP contribution in [0.25, 0.3) is 0 Å². The summed E-state index contributed by atoms with van der Waals surface area (Å²) in [5.74, 6) is 0.144. The first-order valence-electron chi connectivity index (χ1n) is 6.43. The van der Waals surface area contributed by atoms with Gasteiger partial charge in [0.15, 0.2) is 0 Å². The minimum absolute atomic E-state index is 0.0132. The number of rotatable bonds is 8. The van der Waals surface area contributed by atoms with Crippen molar-refractivity contribution in [1.29, 1.82) is 0 Å². The van der Waals surface area contributed by atoms with E-state index in [9.17, 15) is 8.42 Å². The van der Waals surface area contributed by atoms with Crippen LogP contribution in [0, 0.1) is 5.92 Å². The Balaban J connectivity index is 2.59. The van der Waals surface area contributed by atoms with Gasteiger partial charge in [0.2, 0.25) is 0 Å². The molecule has 118 valence electrons. The fourth-order valence-corrected chi connectivity index (χ4v) is 4.45. The lowest BCUT2D eigenvalue weighted by molar-refractivity contribution is 0.343. The van der Waals surface area contributed by atoms with E-state index in [2.05, 4.69) is 4.13 Å². The van der Waals surface area contributed by atoms with Crippen molar-refractivity contribution in [3.63, 3.8) is 0 Å². The molecule has 1 saturated heterocycles. The van der Waals surface area contributed by atoms with E-state index in [1.54, 1.807) is 0 Å². The number of nitrogens with two attached hydrogens (primary N) is 2. The van der Waals surface area contributed by atoms with Gasteiger partial charge in [-0.15, -0.1) is 4.13 Å². The van der Waals surface area contributed by atoms with Crippen molar-refractivity contribution in [3.8, 4) is 0 Å². The Morgan fingerprint density at radius 2 is 2.20 bits per heavy atom. The summed E-state index contributed by atoms with van der Waals surface area (Å²) in [7, 11) is -4.91. The van der Waals surface area contributed by atoms with Gasteiger partial charge in [0.1, 0.15) is 0 Å². The zero-order valence-corrected chi connectivity index (χ0v) is 13.2. The highest BCUT2D eigenvalue weighted by molar-refractivity contribution is 8.08. The summed E-state index contributed by atoms with van der Waals surface area (Å²) in [6.45, 7) is 2.38. The van der Waals surface area contributed by atoms with Gasteiger partial charge in [0.05, 0.1) is 5.88 Å². The molecule has 1 aliphatic rings. The van der Waals surface area contributed by atoms with Crippen LogP contribution >= 0.6 is 11.9 Å². The normalized spacial score (nSPS) is 27.9. The average molecular weight is 326 g/mol. The van der Waals surface area contributed by atoms with Crippen LogP contribution in [-0.2, 0) is 10.2 Å². The summed E-state index contributed by atoms with van der Waals surface area (Å²) in [6.07, 6.45) is 1.51. The summed E-state index contributed by atoms with van der Waals surface area (Å²) < 4.78 is 27.7. The highest BCUT2D eigenvalue weighted by atomic mass is 32.3. The van der Waals surface area contributed by atoms with Gasteiger partial charge in [0, 0.05) is 18.6 Å². The van der Waals surface area contributed by atoms with Gasteiger partial charge in [-0.3, -0.25) is 0 Å². The summed E-state index contributed by atoms with van der Waals surface area (Å²) in [4.78, 5) is 0. The molecular weight excluding hydrogens is 303 g/mol. The van der Waals surface area contributed by atoms with Crippen LogP contribution < -0.4 is 15.6 Å². The molecule has 0 aromatic rings. The Labute approximate surface area is 124 Å². The van der Waals surface area contributed by atoms with Crippen LogP contribution in [-0.4, -0.2) is 54.4 Å². The van der Waals surface area contributed by atoms with E-state index >= 15 is 0 Å². The van der Waals surface area contributed by atoms with Crippen molar-refractivity contribution in [2.45, 2.75) is 31.6 Å². The van der Waals surface area contributed by atoms with Crippen LogP contribution in [0.4, 0.5) is 0 Å². The molecule has 1 aliphatic heterocycles. The first kappa shape index (κ1) is 18.2. The van der Waals surface area contributed by atoms with E-state index in [1.165, 1.54) is 4.31 Å². The van der Waals surface area contributed by atoms with Crippen molar-refractivity contribution < 1.29 is 18.5 Å². The molecule has 1 rings (SSSR count). The first-order valence-corrected chi connectivity index (χ1v) is 8.85. The Morgan fingerprint density at radius 3 is 2.75 bits per heavy atom. The monoisotopic (exact) mass is 326 g/mol. The predicted molar refractivity (Wildman–Crippen MR) is 80.6 cm³/mol. The number of nitrogens with one attached hydrogen (secondary N) is 1. The number of hydrogen-bond donors (Lipinski definition) is 5. The molecule has 0 aromatic heterocycles. The lowest BCUT2D eigenvalue weighted by atomic mass is 9.79. The van der Waals surface area contributed by atoms with E-state index in [4.69, 9.17) is 21.5 Å². The van der Waals surface area contributed by atoms with Gasteiger partial charge in [-0.25, -0.2) is 0 Å². The zero-order valence-electron chi connectivity index (χ0n) is 11.5. The molecule has 0 spiro atoms. The largest absolute Gasteiger partial charge is 0.451 e. The second-order valence-electron chi connectivity index (χ2n) is 5.31. The summed E-state index contributed by atoms with van der Waals surface area (Å²) in [5.41, 5.74) is 10.8. The van der Waals surface area contributed by atoms with Gasteiger partial charge < -0.3 is 21.5 Å². The zero-order chi connectivity index (χ0) is 15.4. The maximum atomic E-state index is 12.0. The van der Waals surface area contributed by atoms with Gasteiger partial charge in [-0.2, -0.15) is 12.7 Å². The SMILES string of the molecule is C[C@]1(N)CN(S(=O)(=O)NSCN)C[C@@H]1CCCB(O)O. The topological polar surface area (TPSA) is 142 Å². The molecule has 2 atom stereocenters. The molecule has 11 heteroatoms. The Hall–Kier alpha value is 0.125. The molecule has 0 aliphatic carbocycles. The lowest BCUT2D eigenvalue weighted by Gasteiger charge is -2.25. The molecule has 1 fully saturated rings. The third-order valence-electron chi connectivity index (χ3n) is 3.48. The quantitative estimate of drug-likeness (QED) is 0.203. The Kier molecular flexibility index (Phi) is 6.73. The second-order valence-corrected chi connectivity index (χ2v) is 8.06. The number of hydrogen-bond acceptors (Lipinski definition) is 7. The molecular formula is C9H23BN4O4S2. The predicted octanol–water partition coefficient (Wildman–Crippen LogP) is -1.71. The Morgan fingerprint density at radius 1 is 1.55 bits per heavy atom. The van der Waals surface area contributed by atoms with Gasteiger partial charge >= 0.3 is 7.12 Å². The van der Waals surface area contributed by atoms with E-state index in [-0.39, 0.29) is 24.7 Å². The third kappa shape index (κ3) is 5.15. The lowest BCUT2D eigenvalue weighted by Crippen LogP contribution is -2.46. The standard InChI is InChI=1S/C9H23BN4O4S2/c1-9(12)6-14(20(17,18)13-19-7-11)5-8(9)3-2-4-10(15)16/h8,13,15-16H,2-7,11-12H2,1H3/t8-,9-/m0/s1. The molecule has 0 saturated carbocycles. The molecule has 20 heavy (non-hydrogen) atoms. The highest BCUT2D eigenvalue weighted by Gasteiger charge is 2.44. The highest BCUT2D eigenvalue weighted by Crippen LogP contribution is 2.31. The second kappa shape index (κ2) is 7.41. The van der Waals surface area contributed by atoms with Crippen LogP contribution in [0.15, 0.2) is 0 Å². The molecule has 8 nitrogen and oxygen atoms in total. The maximum Gasteiger partial charge on any atom is 0.451 e. The minimum atomic E-state index is -3.58. The molecule has 0 bridgehead atoms. The van der Waals surface area contributed by atoms with Gasteiger partial charge in [-0.1, -0.05) is 18.4 Å². The van der Waals surface area contributed by atoms with Crippen molar-refractivity contribution in [2.24, 2.45) is 17.4 Å². The summed E-state index contributed by atoms with van der Waals surface area (Å²) in [6, 6.07) is 0. The fraction of sp³-hybridized carbons (Fsp3) is 1.00. The van der Waals surface area contributed by atoms with E-state index < -0.39 is 22.9 Å². The third-order valence-corrected chi connectivity index (χ3v) is 5.91. The summed E-state index contributed by atoms with van der Waals surface area (Å²) >= 11 is 0.916. The Bertz CT molecular complexity index is 407. The van der Waals surface area contributed by atoms with E-state index in [0.717, 1.165) is 11.9 Å². The molecule has 0 aromatic carbocycles. The van der Waals surface area contributed by atoms with Crippen molar-refractivity contribution in [2.75, 3.05) is 19.0 Å². The molecule has 7 N–H and O–H groups in total. The van der Waals surface area contributed by atoms with Gasteiger partial charge in [-0.05, 0) is 25.6 Å². The van der Waals surface area contributed by atoms with Gasteiger partial charge in [0.25, 0.3) is 10.2 Å². The smallest absolute Gasteiger partial charge is 0.427 e. The van der Waals surface area contributed by atoms with E-state index in [1.807, 2.05) is 6.92 Å². The number of nitrogens with zero attached hydrogens (tertiary/aromatic N) is 1. The average Bonchev–Trinajstić information content (AvgIpc) is 2.63. The van der Waals surface area contributed by atoms with Crippen LogP contribution in [0.2, 0.25) is 6.32 Å². The van der Waals surface area contributed by atoms with Crippen molar-refractivity contribution >= 4 is 29.3 Å². The molecule has 0 radical (unpaired) electrons. The maximum absolute atomic E-state index is 12.0.